The third kappa shape index (κ3) is 4.67. The van der Waals surface area contributed by atoms with Gasteiger partial charge in [-0.25, -0.2) is 4.98 Å². The van der Waals surface area contributed by atoms with E-state index in [-0.39, 0.29) is 19.1 Å². The molecule has 0 amide bonds. The fourth-order valence-corrected chi connectivity index (χ4v) is 6.67. The van der Waals surface area contributed by atoms with Crippen molar-refractivity contribution in [3.05, 3.63) is 80.0 Å². The summed E-state index contributed by atoms with van der Waals surface area (Å²) in [6.45, 7) is 3.46. The van der Waals surface area contributed by atoms with Gasteiger partial charge in [0.05, 0.1) is 28.9 Å². The van der Waals surface area contributed by atoms with Crippen LogP contribution in [0.2, 0.25) is 0 Å². The molecule has 1 aliphatic heterocycles. The minimum absolute atomic E-state index is 0.144. The zero-order valence-electron chi connectivity index (χ0n) is 20.6. The summed E-state index contributed by atoms with van der Waals surface area (Å²) in [6, 6.07) is 7.94. The molecule has 6 rings (SSSR count). The van der Waals surface area contributed by atoms with Crippen LogP contribution in [0.4, 0.5) is 13.2 Å². The Balaban J connectivity index is 1.27. The fraction of sp³-hybridized carbons (Fsp3) is 0.357. The van der Waals surface area contributed by atoms with Crippen LogP contribution in [-0.4, -0.2) is 27.5 Å². The number of nitrogens with zero attached hydrogens (tertiary/aromatic N) is 2. The maximum absolute atomic E-state index is 14.1. The van der Waals surface area contributed by atoms with Crippen LogP contribution in [0.5, 0.6) is 5.75 Å². The van der Waals surface area contributed by atoms with Crippen molar-refractivity contribution in [2.45, 2.75) is 58.0 Å². The van der Waals surface area contributed by atoms with Crippen molar-refractivity contribution in [1.82, 2.24) is 9.88 Å². The highest BCUT2D eigenvalue weighted by Gasteiger charge is 2.38. The molecule has 0 bridgehead atoms. The largest absolute Gasteiger partial charge is 0.486 e. The van der Waals surface area contributed by atoms with Crippen LogP contribution in [0.15, 0.2) is 41.0 Å². The average Bonchev–Trinajstić information content (AvgIpc) is 3.54. The van der Waals surface area contributed by atoms with Gasteiger partial charge < -0.3 is 14.3 Å². The molecule has 1 atom stereocenters. The topological polar surface area (TPSA) is 75.8 Å². The van der Waals surface area contributed by atoms with E-state index in [9.17, 15) is 18.0 Å². The molecule has 0 radical (unpaired) electrons. The van der Waals surface area contributed by atoms with E-state index in [1.165, 1.54) is 12.3 Å². The number of benzene rings is 2. The zero-order chi connectivity index (χ0) is 26.6. The molecule has 1 aliphatic carbocycles. The summed E-state index contributed by atoms with van der Waals surface area (Å²) in [6.07, 6.45) is -1.72. The summed E-state index contributed by atoms with van der Waals surface area (Å²) in [4.78, 5) is 18.8. The van der Waals surface area contributed by atoms with E-state index in [0.717, 1.165) is 33.1 Å². The van der Waals surface area contributed by atoms with E-state index in [4.69, 9.17) is 14.3 Å². The fourth-order valence-electron chi connectivity index (χ4n) is 5.64. The maximum atomic E-state index is 14.1. The second-order valence-electron chi connectivity index (χ2n) is 9.86. The lowest BCUT2D eigenvalue weighted by atomic mass is 9.95. The van der Waals surface area contributed by atoms with Gasteiger partial charge in [0.1, 0.15) is 17.4 Å². The Hall–Kier alpha value is -3.37. The molecule has 1 N–H and O–H groups in total. The number of aryl methyl sites for hydroxylation is 1. The number of carboxylic acids is 1. The van der Waals surface area contributed by atoms with Crippen molar-refractivity contribution in [3.63, 3.8) is 0 Å². The summed E-state index contributed by atoms with van der Waals surface area (Å²) in [5.74, 6) is -0.422. The molecule has 2 aromatic heterocycles. The van der Waals surface area contributed by atoms with Gasteiger partial charge in [0.25, 0.3) is 0 Å². The van der Waals surface area contributed by atoms with E-state index >= 15 is 0 Å². The zero-order valence-corrected chi connectivity index (χ0v) is 21.4. The number of rotatable bonds is 6. The van der Waals surface area contributed by atoms with Gasteiger partial charge in [0.2, 0.25) is 0 Å². The summed E-state index contributed by atoms with van der Waals surface area (Å²) < 4.78 is 54.0. The average molecular weight is 543 g/mol. The Morgan fingerprint density at radius 2 is 2.11 bits per heavy atom. The Kier molecular flexibility index (Phi) is 6.19. The van der Waals surface area contributed by atoms with E-state index < -0.39 is 17.7 Å². The normalized spacial score (nSPS) is 17.5. The molecule has 0 fully saturated rings. The SMILES string of the molecule is Cc1nc2c(s1)CN(Cc1c(C(F)(F)F)ccc3c1CCC3Oc1ccc3c(CC(=O)O)coc3c1)CC2. The number of aromatic nitrogens is 1. The summed E-state index contributed by atoms with van der Waals surface area (Å²) in [5, 5.41) is 10.8. The number of hydrogen-bond acceptors (Lipinski definition) is 6. The quantitative estimate of drug-likeness (QED) is 0.301. The van der Waals surface area contributed by atoms with Crippen molar-refractivity contribution in [2.75, 3.05) is 6.54 Å². The van der Waals surface area contributed by atoms with Gasteiger partial charge in [-0.3, -0.25) is 9.69 Å². The Bertz CT molecular complexity index is 1540. The van der Waals surface area contributed by atoms with Crippen LogP contribution >= 0.6 is 11.3 Å². The molecule has 198 valence electrons. The summed E-state index contributed by atoms with van der Waals surface area (Å²) in [7, 11) is 0. The second-order valence-corrected chi connectivity index (χ2v) is 11.1. The number of aliphatic carboxylic acids is 1. The molecule has 0 saturated heterocycles. The lowest BCUT2D eigenvalue weighted by Gasteiger charge is -2.28. The number of carbonyl (C=O) groups is 1. The number of fused-ring (bicyclic) bond motifs is 3. The van der Waals surface area contributed by atoms with Crippen LogP contribution in [-0.2, 0) is 43.3 Å². The van der Waals surface area contributed by atoms with Crippen molar-refractivity contribution >= 4 is 28.3 Å². The molecule has 2 aromatic carbocycles. The highest BCUT2D eigenvalue weighted by molar-refractivity contribution is 7.11. The van der Waals surface area contributed by atoms with E-state index in [2.05, 4.69) is 9.88 Å². The van der Waals surface area contributed by atoms with Gasteiger partial charge in [0.15, 0.2) is 0 Å². The number of halogens is 3. The van der Waals surface area contributed by atoms with Crippen molar-refractivity contribution in [3.8, 4) is 5.75 Å². The minimum atomic E-state index is -4.44. The molecule has 10 heteroatoms. The van der Waals surface area contributed by atoms with Gasteiger partial charge in [-0.1, -0.05) is 6.07 Å². The predicted molar refractivity (Wildman–Crippen MR) is 135 cm³/mol. The van der Waals surface area contributed by atoms with E-state index in [1.54, 1.807) is 35.6 Å². The van der Waals surface area contributed by atoms with Crippen LogP contribution in [0, 0.1) is 6.92 Å². The van der Waals surface area contributed by atoms with Crippen LogP contribution in [0.1, 0.15) is 55.9 Å². The summed E-state index contributed by atoms with van der Waals surface area (Å²) >= 11 is 1.61. The van der Waals surface area contributed by atoms with Gasteiger partial charge in [-0.2, -0.15) is 13.2 Å². The molecule has 2 aliphatic rings. The molecular formula is C28H25F3N2O4S. The van der Waals surface area contributed by atoms with Crippen LogP contribution < -0.4 is 4.74 Å². The first-order valence-electron chi connectivity index (χ1n) is 12.4. The molecular weight excluding hydrogens is 517 g/mol. The monoisotopic (exact) mass is 542 g/mol. The standard InChI is InChI=1S/C28H25F3N2O4S/c1-15-32-23-8-9-33(13-26(23)38-15)12-21-19-5-7-24(20(19)4-6-22(21)28(29,30)31)37-17-2-3-18-16(10-27(34)35)14-36-25(18)11-17/h2-4,6,11,14,24H,5,7-10,12-13H2,1H3,(H,34,35). The van der Waals surface area contributed by atoms with Crippen LogP contribution in [0.25, 0.3) is 11.0 Å². The third-order valence-electron chi connectivity index (χ3n) is 7.32. The molecule has 6 nitrogen and oxygen atoms in total. The highest BCUT2D eigenvalue weighted by Crippen LogP contribution is 2.43. The van der Waals surface area contributed by atoms with Crippen LogP contribution in [0.3, 0.4) is 0 Å². The van der Waals surface area contributed by atoms with Gasteiger partial charge >= 0.3 is 12.1 Å². The predicted octanol–water partition coefficient (Wildman–Crippen LogP) is 6.47. The first kappa shape index (κ1) is 24.9. The number of alkyl halides is 3. The second kappa shape index (κ2) is 9.43. The van der Waals surface area contributed by atoms with E-state index in [1.807, 2.05) is 6.92 Å². The summed E-state index contributed by atoms with van der Waals surface area (Å²) in [5.41, 5.74) is 3.41. The first-order chi connectivity index (χ1) is 18.2. The van der Waals surface area contributed by atoms with Gasteiger partial charge in [-0.15, -0.1) is 11.3 Å². The Morgan fingerprint density at radius 3 is 2.89 bits per heavy atom. The number of furan rings is 1. The molecule has 0 spiro atoms. The van der Waals surface area contributed by atoms with E-state index in [0.29, 0.717) is 53.8 Å². The minimum Gasteiger partial charge on any atom is -0.486 e. The smallest absolute Gasteiger partial charge is 0.416 e. The van der Waals surface area contributed by atoms with Crippen molar-refractivity contribution < 1.29 is 32.2 Å². The molecule has 1 unspecified atom stereocenters. The number of carboxylic acid groups (broad SMARTS) is 1. The first-order valence-corrected chi connectivity index (χ1v) is 13.3. The molecule has 38 heavy (non-hydrogen) atoms. The van der Waals surface area contributed by atoms with Gasteiger partial charge in [0, 0.05) is 47.9 Å². The number of ether oxygens (including phenoxy) is 1. The Labute approximate surface area is 220 Å². The molecule has 0 saturated carbocycles. The number of thiazole rings is 1. The molecule has 4 aromatic rings. The third-order valence-corrected chi connectivity index (χ3v) is 8.32. The van der Waals surface area contributed by atoms with Gasteiger partial charge in [-0.05, 0) is 54.7 Å². The Morgan fingerprint density at radius 1 is 1.26 bits per heavy atom. The number of hydrogen-bond donors (Lipinski definition) is 1. The van der Waals surface area contributed by atoms with Crippen molar-refractivity contribution in [2.24, 2.45) is 0 Å². The van der Waals surface area contributed by atoms with Crippen molar-refractivity contribution in [1.29, 1.82) is 0 Å². The lowest BCUT2D eigenvalue weighted by molar-refractivity contribution is -0.138. The highest BCUT2D eigenvalue weighted by atomic mass is 32.1. The lowest BCUT2D eigenvalue weighted by Crippen LogP contribution is -2.31. The maximum Gasteiger partial charge on any atom is 0.416 e. The molecule has 3 heterocycles.